The number of hydrogen-bond acceptors (Lipinski definition) is 3. The highest BCUT2D eigenvalue weighted by Gasteiger charge is 2.44. The number of piperidine rings is 1. The number of carboxylic acids is 1. The van der Waals surface area contributed by atoms with Crippen LogP contribution in [-0.4, -0.2) is 78.1 Å². The number of likely N-dealkylation sites (N-methyl/N-ethyl adjacent to an activating group) is 2. The summed E-state index contributed by atoms with van der Waals surface area (Å²) in [4.78, 5) is 29.4. The van der Waals surface area contributed by atoms with Crippen LogP contribution in [0.4, 0.5) is 4.79 Å². The van der Waals surface area contributed by atoms with Crippen LogP contribution >= 0.6 is 0 Å². The molecule has 1 N–H and O–H groups in total. The summed E-state index contributed by atoms with van der Waals surface area (Å²) in [5.41, 5.74) is 0. The Morgan fingerprint density at radius 2 is 1.67 bits per heavy atom. The number of carbonyl (C=O) groups is 2. The van der Waals surface area contributed by atoms with Crippen molar-refractivity contribution in [2.45, 2.75) is 44.2 Å². The summed E-state index contributed by atoms with van der Waals surface area (Å²) in [6.07, 6.45) is 3.97. The second-order valence-corrected chi connectivity index (χ2v) is 6.73. The molecule has 2 aliphatic heterocycles. The molecule has 0 aromatic heterocycles. The normalized spacial score (nSPS) is 28.0. The van der Waals surface area contributed by atoms with Crippen LogP contribution in [0.3, 0.4) is 0 Å². The summed E-state index contributed by atoms with van der Waals surface area (Å²) >= 11 is 0. The van der Waals surface area contributed by atoms with E-state index in [0.717, 1.165) is 38.8 Å². The van der Waals surface area contributed by atoms with Crippen molar-refractivity contribution < 1.29 is 14.7 Å². The Morgan fingerprint density at radius 3 is 2.14 bits per heavy atom. The molecule has 2 rings (SSSR count). The molecule has 0 spiro atoms. The van der Waals surface area contributed by atoms with Gasteiger partial charge in [0.05, 0.1) is 0 Å². The number of nitrogens with zero attached hydrogens (tertiary/aromatic N) is 3. The summed E-state index contributed by atoms with van der Waals surface area (Å²) in [6, 6.07) is 0.586. The van der Waals surface area contributed by atoms with E-state index in [-0.39, 0.29) is 30.5 Å². The van der Waals surface area contributed by atoms with Gasteiger partial charge in [0.1, 0.15) is 0 Å². The SMILES string of the molecule is CN(C)CCN(C)C(=O)N1C2CCC1CC(CC(=O)O)C2. The van der Waals surface area contributed by atoms with Crippen molar-refractivity contribution in [3.8, 4) is 0 Å². The third kappa shape index (κ3) is 3.87. The average Bonchev–Trinajstić information content (AvgIpc) is 2.66. The highest BCUT2D eigenvalue weighted by molar-refractivity contribution is 5.75. The molecule has 6 heteroatoms. The first-order valence-corrected chi connectivity index (χ1v) is 7.78. The molecule has 21 heavy (non-hydrogen) atoms. The molecule has 2 bridgehead atoms. The predicted molar refractivity (Wildman–Crippen MR) is 80.2 cm³/mol. The van der Waals surface area contributed by atoms with Gasteiger partial charge in [0, 0.05) is 38.6 Å². The number of fused-ring (bicyclic) bond motifs is 2. The van der Waals surface area contributed by atoms with Gasteiger partial charge in [-0.2, -0.15) is 0 Å². The number of amides is 2. The Hall–Kier alpha value is -1.30. The number of carboxylic acid groups (broad SMARTS) is 1. The van der Waals surface area contributed by atoms with Gasteiger partial charge in [-0.15, -0.1) is 0 Å². The summed E-state index contributed by atoms with van der Waals surface area (Å²) in [6.45, 7) is 1.58. The van der Waals surface area contributed by atoms with E-state index in [1.54, 1.807) is 4.90 Å². The zero-order valence-electron chi connectivity index (χ0n) is 13.3. The van der Waals surface area contributed by atoms with Crippen molar-refractivity contribution >= 4 is 12.0 Å². The molecular weight excluding hydrogens is 270 g/mol. The van der Waals surface area contributed by atoms with Crippen LogP contribution in [0.1, 0.15) is 32.1 Å². The fourth-order valence-electron chi connectivity index (χ4n) is 3.66. The first-order valence-electron chi connectivity index (χ1n) is 7.78. The van der Waals surface area contributed by atoms with Crippen LogP contribution in [0.5, 0.6) is 0 Å². The van der Waals surface area contributed by atoms with Gasteiger partial charge in [-0.1, -0.05) is 0 Å². The second-order valence-electron chi connectivity index (χ2n) is 6.73. The highest BCUT2D eigenvalue weighted by atomic mass is 16.4. The van der Waals surface area contributed by atoms with E-state index >= 15 is 0 Å². The van der Waals surface area contributed by atoms with Gasteiger partial charge < -0.3 is 19.8 Å². The van der Waals surface area contributed by atoms with Gasteiger partial charge in [0.25, 0.3) is 0 Å². The van der Waals surface area contributed by atoms with Crippen LogP contribution in [0, 0.1) is 5.92 Å². The molecule has 6 nitrogen and oxygen atoms in total. The third-order valence-corrected chi connectivity index (χ3v) is 4.72. The largest absolute Gasteiger partial charge is 0.481 e. The van der Waals surface area contributed by atoms with E-state index in [0.29, 0.717) is 0 Å². The fourth-order valence-corrected chi connectivity index (χ4v) is 3.66. The fraction of sp³-hybridized carbons (Fsp3) is 0.867. The van der Waals surface area contributed by atoms with E-state index in [4.69, 9.17) is 5.11 Å². The molecule has 0 aromatic rings. The minimum Gasteiger partial charge on any atom is -0.481 e. The van der Waals surface area contributed by atoms with Crippen molar-refractivity contribution in [3.63, 3.8) is 0 Å². The lowest BCUT2D eigenvalue weighted by atomic mass is 9.88. The Balaban J connectivity index is 1.93. The number of urea groups is 1. The molecule has 0 radical (unpaired) electrons. The summed E-state index contributed by atoms with van der Waals surface area (Å²) in [5, 5.41) is 8.95. The predicted octanol–water partition coefficient (Wildman–Crippen LogP) is 1.32. The first kappa shape index (κ1) is 16.1. The maximum atomic E-state index is 12.6. The summed E-state index contributed by atoms with van der Waals surface area (Å²) in [7, 11) is 5.85. The van der Waals surface area contributed by atoms with Crippen LogP contribution in [-0.2, 0) is 4.79 Å². The molecule has 2 saturated heterocycles. The zero-order valence-corrected chi connectivity index (χ0v) is 13.3. The van der Waals surface area contributed by atoms with E-state index in [9.17, 15) is 9.59 Å². The minimum absolute atomic E-state index is 0.109. The standard InChI is InChI=1S/C15H27N3O3/c1-16(2)6-7-17(3)15(21)18-12-4-5-13(18)9-11(8-12)10-14(19)20/h11-13H,4-10H2,1-3H3,(H,19,20). The van der Waals surface area contributed by atoms with Crippen molar-refractivity contribution in [2.24, 2.45) is 5.92 Å². The van der Waals surface area contributed by atoms with E-state index < -0.39 is 5.97 Å². The van der Waals surface area contributed by atoms with Crippen molar-refractivity contribution in [1.82, 2.24) is 14.7 Å². The van der Waals surface area contributed by atoms with Crippen LogP contribution in [0.2, 0.25) is 0 Å². The molecule has 2 unspecified atom stereocenters. The monoisotopic (exact) mass is 297 g/mol. The highest BCUT2D eigenvalue weighted by Crippen LogP contribution is 2.40. The Kier molecular flexibility index (Phi) is 5.08. The number of rotatable bonds is 5. The average molecular weight is 297 g/mol. The molecule has 0 aromatic carbocycles. The molecule has 0 saturated carbocycles. The van der Waals surface area contributed by atoms with Crippen LogP contribution < -0.4 is 0 Å². The quantitative estimate of drug-likeness (QED) is 0.831. The van der Waals surface area contributed by atoms with Gasteiger partial charge in [0.2, 0.25) is 0 Å². The lowest BCUT2D eigenvalue weighted by molar-refractivity contribution is -0.138. The van der Waals surface area contributed by atoms with Gasteiger partial charge >= 0.3 is 12.0 Å². The molecular formula is C15H27N3O3. The van der Waals surface area contributed by atoms with Gasteiger partial charge in [0.15, 0.2) is 0 Å². The molecule has 2 atom stereocenters. The Morgan fingerprint density at radius 1 is 1.10 bits per heavy atom. The van der Waals surface area contributed by atoms with Crippen LogP contribution in [0.25, 0.3) is 0 Å². The van der Waals surface area contributed by atoms with Crippen molar-refractivity contribution in [2.75, 3.05) is 34.2 Å². The van der Waals surface area contributed by atoms with E-state index in [1.165, 1.54) is 0 Å². The molecule has 0 aliphatic carbocycles. The second kappa shape index (κ2) is 6.64. The lowest BCUT2D eigenvalue weighted by Crippen LogP contribution is -2.52. The zero-order chi connectivity index (χ0) is 15.6. The summed E-state index contributed by atoms with van der Waals surface area (Å²) in [5.74, 6) is -0.488. The topological polar surface area (TPSA) is 64.1 Å². The number of hydrogen-bond donors (Lipinski definition) is 1. The van der Waals surface area contributed by atoms with Crippen molar-refractivity contribution in [1.29, 1.82) is 0 Å². The Labute approximate surface area is 126 Å². The van der Waals surface area contributed by atoms with Gasteiger partial charge in [-0.05, 0) is 45.7 Å². The lowest BCUT2D eigenvalue weighted by Gasteiger charge is -2.40. The maximum Gasteiger partial charge on any atom is 0.320 e. The molecule has 120 valence electrons. The number of aliphatic carboxylic acids is 1. The minimum atomic E-state index is -0.720. The van der Waals surface area contributed by atoms with Crippen LogP contribution in [0.15, 0.2) is 0 Å². The van der Waals surface area contributed by atoms with E-state index in [2.05, 4.69) is 4.90 Å². The smallest absolute Gasteiger partial charge is 0.320 e. The molecule has 2 amide bonds. The summed E-state index contributed by atoms with van der Waals surface area (Å²) < 4.78 is 0. The van der Waals surface area contributed by atoms with Gasteiger partial charge in [-0.25, -0.2) is 4.79 Å². The molecule has 2 heterocycles. The van der Waals surface area contributed by atoms with E-state index in [1.807, 2.05) is 26.0 Å². The third-order valence-electron chi connectivity index (χ3n) is 4.72. The maximum absolute atomic E-state index is 12.6. The Bertz CT molecular complexity index is 386. The molecule has 2 fully saturated rings. The first-order chi connectivity index (χ1) is 9.88. The van der Waals surface area contributed by atoms with Gasteiger partial charge in [-0.3, -0.25) is 4.79 Å². The molecule has 2 aliphatic rings. The number of carbonyl (C=O) groups excluding carboxylic acids is 1. The van der Waals surface area contributed by atoms with Crippen molar-refractivity contribution in [3.05, 3.63) is 0 Å².